The van der Waals surface area contributed by atoms with Crippen LogP contribution in [0, 0.1) is 0 Å². The fourth-order valence-electron chi connectivity index (χ4n) is 3.98. The van der Waals surface area contributed by atoms with Gasteiger partial charge in [-0.1, -0.05) is 30.3 Å². The zero-order valence-corrected chi connectivity index (χ0v) is 20.2. The smallest absolute Gasteiger partial charge is 0.191 e. The van der Waals surface area contributed by atoms with E-state index in [1.807, 2.05) is 0 Å². The van der Waals surface area contributed by atoms with Crippen LogP contribution in [-0.4, -0.2) is 69.0 Å². The highest BCUT2D eigenvalue weighted by atomic mass is 127. The van der Waals surface area contributed by atoms with Crippen LogP contribution in [0.2, 0.25) is 0 Å². The van der Waals surface area contributed by atoms with Crippen LogP contribution < -0.4 is 10.6 Å². The fourth-order valence-corrected chi connectivity index (χ4v) is 3.98. The van der Waals surface area contributed by atoms with E-state index in [0.717, 1.165) is 71.0 Å². The average molecular weight is 516 g/mol. The maximum atomic E-state index is 5.82. The van der Waals surface area contributed by atoms with Crippen LogP contribution in [0.5, 0.6) is 0 Å². The van der Waals surface area contributed by atoms with Crippen LogP contribution in [0.3, 0.4) is 0 Å². The minimum Gasteiger partial charge on any atom is -0.381 e. The summed E-state index contributed by atoms with van der Waals surface area (Å²) in [6.45, 7) is 8.44. The molecule has 2 saturated heterocycles. The average Bonchev–Trinajstić information content (AvgIpc) is 2.75. The molecule has 2 fully saturated rings. The lowest BCUT2D eigenvalue weighted by atomic mass is 9.94. The molecule has 2 aliphatic rings. The zero-order valence-electron chi connectivity index (χ0n) is 17.9. The monoisotopic (exact) mass is 516 g/mol. The van der Waals surface area contributed by atoms with E-state index >= 15 is 0 Å². The van der Waals surface area contributed by atoms with E-state index in [1.165, 1.54) is 5.56 Å². The molecule has 2 N–H and O–H groups in total. The first-order chi connectivity index (χ1) is 13.7. The highest BCUT2D eigenvalue weighted by molar-refractivity contribution is 14.0. The van der Waals surface area contributed by atoms with Crippen molar-refractivity contribution in [3.8, 4) is 0 Å². The molecule has 0 amide bonds. The number of likely N-dealkylation sites (tertiary alicyclic amines) is 1. The second kappa shape index (κ2) is 12.7. The van der Waals surface area contributed by atoms with Gasteiger partial charge in [-0.2, -0.15) is 0 Å². The van der Waals surface area contributed by atoms with Gasteiger partial charge < -0.3 is 20.1 Å². The van der Waals surface area contributed by atoms with Crippen molar-refractivity contribution in [2.24, 2.45) is 4.99 Å². The minimum absolute atomic E-state index is 0. The largest absolute Gasteiger partial charge is 0.381 e. The standard InChI is InChI=1S/C22H36N4O2.HI/c1-3-23-21(24-18-22(27-2)11-15-28-16-12-22)25-20-9-13-26(14-10-20)17-19-7-5-4-6-8-19;/h4-8,20H,3,9-18H2,1-2H3,(H2,23,24,25);1H. The molecule has 2 aliphatic heterocycles. The molecule has 2 heterocycles. The van der Waals surface area contributed by atoms with Crippen molar-refractivity contribution in [3.05, 3.63) is 35.9 Å². The Morgan fingerprint density at radius 2 is 1.90 bits per heavy atom. The number of guanidine groups is 1. The Labute approximate surface area is 192 Å². The van der Waals surface area contributed by atoms with Gasteiger partial charge in [0.05, 0.1) is 12.1 Å². The van der Waals surface area contributed by atoms with Crippen LogP contribution in [0.15, 0.2) is 35.3 Å². The molecule has 6 nitrogen and oxygen atoms in total. The second-order valence-electron chi connectivity index (χ2n) is 7.88. The van der Waals surface area contributed by atoms with E-state index < -0.39 is 0 Å². The van der Waals surface area contributed by atoms with Crippen LogP contribution >= 0.6 is 24.0 Å². The number of nitrogens with one attached hydrogen (secondary N) is 2. The number of piperidine rings is 1. The van der Waals surface area contributed by atoms with Gasteiger partial charge in [-0.15, -0.1) is 24.0 Å². The summed E-state index contributed by atoms with van der Waals surface area (Å²) in [5.74, 6) is 0.909. The molecule has 0 saturated carbocycles. The van der Waals surface area contributed by atoms with Gasteiger partial charge in [0.1, 0.15) is 0 Å². The molecule has 3 rings (SSSR count). The molecular weight excluding hydrogens is 479 g/mol. The van der Waals surface area contributed by atoms with E-state index in [2.05, 4.69) is 52.8 Å². The van der Waals surface area contributed by atoms with Crippen LogP contribution in [-0.2, 0) is 16.0 Å². The third-order valence-corrected chi connectivity index (χ3v) is 5.88. The summed E-state index contributed by atoms with van der Waals surface area (Å²) in [4.78, 5) is 7.40. The van der Waals surface area contributed by atoms with Crippen molar-refractivity contribution in [1.82, 2.24) is 15.5 Å². The van der Waals surface area contributed by atoms with Gasteiger partial charge in [0.2, 0.25) is 0 Å². The van der Waals surface area contributed by atoms with E-state index in [9.17, 15) is 0 Å². The summed E-state index contributed by atoms with van der Waals surface area (Å²) >= 11 is 0. The van der Waals surface area contributed by atoms with E-state index in [4.69, 9.17) is 14.5 Å². The summed E-state index contributed by atoms with van der Waals surface area (Å²) in [5, 5.41) is 7.05. The van der Waals surface area contributed by atoms with Crippen molar-refractivity contribution >= 4 is 29.9 Å². The van der Waals surface area contributed by atoms with Gasteiger partial charge in [-0.25, -0.2) is 0 Å². The highest BCUT2D eigenvalue weighted by Crippen LogP contribution is 2.24. The molecule has 164 valence electrons. The predicted molar refractivity (Wildman–Crippen MR) is 129 cm³/mol. The molecule has 0 unspecified atom stereocenters. The molecule has 0 aliphatic carbocycles. The number of methoxy groups -OCH3 is 1. The van der Waals surface area contributed by atoms with Crippen molar-refractivity contribution in [1.29, 1.82) is 0 Å². The van der Waals surface area contributed by atoms with Gasteiger partial charge in [0.25, 0.3) is 0 Å². The molecular formula is C22H37IN4O2. The summed E-state index contributed by atoms with van der Waals surface area (Å²) in [6.07, 6.45) is 4.09. The van der Waals surface area contributed by atoms with E-state index in [0.29, 0.717) is 12.6 Å². The SMILES string of the molecule is CCNC(=NCC1(OC)CCOCC1)NC1CCN(Cc2ccccc2)CC1.I. The number of aliphatic imine (C=N–C) groups is 1. The Kier molecular flexibility index (Phi) is 10.7. The number of ether oxygens (including phenoxy) is 2. The summed E-state index contributed by atoms with van der Waals surface area (Å²) in [6, 6.07) is 11.2. The first kappa shape index (κ1) is 24.4. The third-order valence-electron chi connectivity index (χ3n) is 5.88. The number of nitrogens with zero attached hydrogens (tertiary/aromatic N) is 2. The second-order valence-corrected chi connectivity index (χ2v) is 7.88. The molecule has 1 aromatic carbocycles. The zero-order chi connectivity index (χ0) is 19.7. The fraction of sp³-hybridized carbons (Fsp3) is 0.682. The van der Waals surface area contributed by atoms with Crippen molar-refractivity contribution < 1.29 is 9.47 Å². The van der Waals surface area contributed by atoms with Crippen LogP contribution in [0.25, 0.3) is 0 Å². The maximum absolute atomic E-state index is 5.82. The molecule has 0 spiro atoms. The predicted octanol–water partition coefficient (Wildman–Crippen LogP) is 3.02. The molecule has 0 atom stereocenters. The first-order valence-electron chi connectivity index (χ1n) is 10.7. The topological polar surface area (TPSA) is 58.1 Å². The lowest BCUT2D eigenvalue weighted by Gasteiger charge is -2.35. The molecule has 29 heavy (non-hydrogen) atoms. The Bertz CT molecular complexity index is 600. The number of hydrogen-bond acceptors (Lipinski definition) is 4. The van der Waals surface area contributed by atoms with Crippen molar-refractivity contribution in [2.75, 3.05) is 46.5 Å². The van der Waals surface area contributed by atoms with Gasteiger partial charge in [-0.3, -0.25) is 9.89 Å². The molecule has 0 bridgehead atoms. The van der Waals surface area contributed by atoms with Crippen molar-refractivity contribution in [2.45, 2.75) is 50.8 Å². The van der Waals surface area contributed by atoms with Gasteiger partial charge in [-0.05, 0) is 25.3 Å². The number of benzene rings is 1. The molecule has 0 radical (unpaired) electrons. The minimum atomic E-state index is -0.181. The Balaban J connectivity index is 0.00000300. The summed E-state index contributed by atoms with van der Waals surface area (Å²) in [7, 11) is 1.80. The number of rotatable bonds is 7. The molecule has 0 aromatic heterocycles. The summed E-state index contributed by atoms with van der Waals surface area (Å²) in [5.41, 5.74) is 1.21. The molecule has 1 aromatic rings. The third kappa shape index (κ3) is 7.70. The van der Waals surface area contributed by atoms with Gasteiger partial charge in [0.15, 0.2) is 5.96 Å². The molecule has 7 heteroatoms. The van der Waals surface area contributed by atoms with Crippen molar-refractivity contribution in [3.63, 3.8) is 0 Å². The normalized spacial score (nSPS) is 20.7. The first-order valence-corrected chi connectivity index (χ1v) is 10.7. The number of halogens is 1. The maximum Gasteiger partial charge on any atom is 0.191 e. The van der Waals surface area contributed by atoms with E-state index in [-0.39, 0.29) is 29.6 Å². The Morgan fingerprint density at radius 1 is 1.21 bits per heavy atom. The van der Waals surface area contributed by atoms with Gasteiger partial charge in [0, 0.05) is 65.4 Å². The Morgan fingerprint density at radius 3 is 2.52 bits per heavy atom. The van der Waals surface area contributed by atoms with Gasteiger partial charge >= 0.3 is 0 Å². The lowest BCUT2D eigenvalue weighted by molar-refractivity contribution is -0.0828. The van der Waals surface area contributed by atoms with Crippen LogP contribution in [0.1, 0.15) is 38.2 Å². The quantitative estimate of drug-likeness (QED) is 0.332. The summed E-state index contributed by atoms with van der Waals surface area (Å²) < 4.78 is 11.3. The van der Waals surface area contributed by atoms with Crippen LogP contribution in [0.4, 0.5) is 0 Å². The number of hydrogen-bond donors (Lipinski definition) is 2. The highest BCUT2D eigenvalue weighted by Gasteiger charge is 2.32. The lowest BCUT2D eigenvalue weighted by Crippen LogP contribution is -2.49. The Hall–Kier alpha value is -0.900. The van der Waals surface area contributed by atoms with E-state index in [1.54, 1.807) is 7.11 Å².